The molecule has 0 amide bonds. The lowest BCUT2D eigenvalue weighted by molar-refractivity contribution is 0.566. The summed E-state index contributed by atoms with van der Waals surface area (Å²) in [6.07, 6.45) is 16.6. The summed E-state index contributed by atoms with van der Waals surface area (Å²) < 4.78 is 26.0. The first kappa shape index (κ1) is 17.9. The molecule has 0 nitrogen and oxygen atoms in total. The van der Waals surface area contributed by atoms with Crippen molar-refractivity contribution in [3.05, 3.63) is 41.5 Å². The average Bonchev–Trinajstić information content (AvgIpc) is 2.44. The third-order valence-electron chi connectivity index (χ3n) is 3.67. The molecule has 1 rings (SSSR count). The normalized spacial score (nSPS) is 11.4. The van der Waals surface area contributed by atoms with Crippen molar-refractivity contribution in [3.63, 3.8) is 0 Å². The topological polar surface area (TPSA) is 0 Å². The summed E-state index contributed by atoms with van der Waals surface area (Å²) in [5, 5.41) is 0. The van der Waals surface area contributed by atoms with Gasteiger partial charge in [-0.3, -0.25) is 0 Å². The van der Waals surface area contributed by atoms with Crippen LogP contribution in [0.15, 0.2) is 24.3 Å². The van der Waals surface area contributed by atoms with Crippen molar-refractivity contribution in [2.24, 2.45) is 0 Å². The van der Waals surface area contributed by atoms with Crippen molar-refractivity contribution in [2.75, 3.05) is 0 Å². The van der Waals surface area contributed by atoms with Gasteiger partial charge in [-0.2, -0.15) is 0 Å². The van der Waals surface area contributed by atoms with Gasteiger partial charge in [0.25, 0.3) is 0 Å². The Labute approximate surface area is 128 Å². The molecular weight excluding hydrogens is 266 g/mol. The fourth-order valence-electron chi connectivity index (χ4n) is 2.46. The van der Waals surface area contributed by atoms with E-state index in [-0.39, 0.29) is 0 Å². The van der Waals surface area contributed by atoms with E-state index >= 15 is 0 Å². The maximum absolute atomic E-state index is 13.0. The van der Waals surface area contributed by atoms with Gasteiger partial charge in [0.15, 0.2) is 0 Å². The lowest BCUT2D eigenvalue weighted by Crippen LogP contribution is -1.82. The quantitative estimate of drug-likeness (QED) is 0.389. The zero-order valence-corrected chi connectivity index (χ0v) is 13.2. The smallest absolute Gasteiger partial charge is 0.126 e. The monoisotopic (exact) mass is 294 g/mol. The molecular formula is C19H28F2. The van der Waals surface area contributed by atoms with Crippen LogP contribution in [0.3, 0.4) is 0 Å². The summed E-state index contributed by atoms with van der Waals surface area (Å²) in [7, 11) is 0. The van der Waals surface area contributed by atoms with E-state index in [9.17, 15) is 8.78 Å². The molecule has 0 aliphatic carbocycles. The van der Waals surface area contributed by atoms with Crippen LogP contribution in [0, 0.1) is 11.6 Å². The molecule has 0 spiro atoms. The zero-order chi connectivity index (χ0) is 15.3. The summed E-state index contributed by atoms with van der Waals surface area (Å²) in [6, 6.07) is 3.61. The van der Waals surface area contributed by atoms with Crippen molar-refractivity contribution in [1.82, 2.24) is 0 Å². The largest absolute Gasteiger partial charge is 0.207 e. The van der Waals surface area contributed by atoms with Crippen LogP contribution in [0.2, 0.25) is 0 Å². The van der Waals surface area contributed by atoms with Gasteiger partial charge >= 0.3 is 0 Å². The minimum absolute atomic E-state index is 0.516. The molecule has 0 N–H and O–H groups in total. The molecule has 2 heteroatoms. The zero-order valence-electron chi connectivity index (χ0n) is 13.2. The standard InChI is InChI=1S/C19H28F2/c1-2-3-4-5-6-7-8-9-10-11-12-13-17-14-18(20)16-19(21)15-17/h12-16H,2-11H2,1H3. The highest BCUT2D eigenvalue weighted by Crippen LogP contribution is 2.12. The molecule has 118 valence electrons. The van der Waals surface area contributed by atoms with Crippen molar-refractivity contribution >= 4 is 6.08 Å². The number of allylic oxidation sites excluding steroid dienone is 1. The van der Waals surface area contributed by atoms with Gasteiger partial charge < -0.3 is 0 Å². The van der Waals surface area contributed by atoms with Crippen LogP contribution >= 0.6 is 0 Å². The molecule has 1 aromatic carbocycles. The van der Waals surface area contributed by atoms with Gasteiger partial charge in [0.2, 0.25) is 0 Å². The minimum atomic E-state index is -0.516. The summed E-state index contributed by atoms with van der Waals surface area (Å²) in [4.78, 5) is 0. The molecule has 0 fully saturated rings. The molecule has 0 unspecified atom stereocenters. The maximum Gasteiger partial charge on any atom is 0.126 e. The number of rotatable bonds is 11. The van der Waals surface area contributed by atoms with Crippen LogP contribution < -0.4 is 0 Å². The number of halogens is 2. The molecule has 0 aliphatic rings. The molecule has 1 aromatic rings. The van der Waals surface area contributed by atoms with E-state index in [0.29, 0.717) is 5.56 Å². The van der Waals surface area contributed by atoms with Gasteiger partial charge in [0, 0.05) is 6.07 Å². The van der Waals surface area contributed by atoms with Crippen LogP contribution in [0.1, 0.15) is 76.7 Å². The van der Waals surface area contributed by atoms with Crippen LogP contribution in [0.25, 0.3) is 6.08 Å². The Bertz CT molecular complexity index is 390. The Morgan fingerprint density at radius 3 is 1.86 bits per heavy atom. The first-order valence-corrected chi connectivity index (χ1v) is 8.35. The van der Waals surface area contributed by atoms with Crippen molar-refractivity contribution in [2.45, 2.75) is 71.1 Å². The molecule has 0 saturated heterocycles. The van der Waals surface area contributed by atoms with Crippen molar-refractivity contribution in [3.8, 4) is 0 Å². The van der Waals surface area contributed by atoms with Crippen LogP contribution in [0.5, 0.6) is 0 Å². The number of hydrogen-bond donors (Lipinski definition) is 0. The molecule has 0 aromatic heterocycles. The second-order valence-corrected chi connectivity index (χ2v) is 5.72. The van der Waals surface area contributed by atoms with Gasteiger partial charge in [0.1, 0.15) is 11.6 Å². The Hall–Kier alpha value is -1.18. The first-order chi connectivity index (χ1) is 10.2. The molecule has 0 atom stereocenters. The minimum Gasteiger partial charge on any atom is -0.207 e. The predicted molar refractivity (Wildman–Crippen MR) is 87.2 cm³/mol. The van der Waals surface area contributed by atoms with Gasteiger partial charge in [-0.15, -0.1) is 0 Å². The van der Waals surface area contributed by atoms with Crippen LogP contribution in [-0.4, -0.2) is 0 Å². The third kappa shape index (κ3) is 9.38. The molecule has 21 heavy (non-hydrogen) atoms. The summed E-state index contributed by atoms with van der Waals surface area (Å²) in [6.45, 7) is 2.24. The molecule has 0 heterocycles. The second-order valence-electron chi connectivity index (χ2n) is 5.72. The highest BCUT2D eigenvalue weighted by Gasteiger charge is 1.97. The van der Waals surface area contributed by atoms with E-state index in [1.165, 1.54) is 63.5 Å². The van der Waals surface area contributed by atoms with E-state index in [4.69, 9.17) is 0 Å². The van der Waals surface area contributed by atoms with Crippen molar-refractivity contribution in [1.29, 1.82) is 0 Å². The van der Waals surface area contributed by atoms with E-state index in [1.807, 2.05) is 6.08 Å². The Kier molecular flexibility index (Phi) is 9.77. The van der Waals surface area contributed by atoms with Gasteiger partial charge in [-0.25, -0.2) is 8.78 Å². The highest BCUT2D eigenvalue weighted by molar-refractivity contribution is 5.49. The Balaban J connectivity index is 2.02. The van der Waals surface area contributed by atoms with Crippen molar-refractivity contribution < 1.29 is 8.78 Å². The highest BCUT2D eigenvalue weighted by atomic mass is 19.1. The lowest BCUT2D eigenvalue weighted by atomic mass is 10.1. The molecule has 0 saturated carbocycles. The van der Waals surface area contributed by atoms with E-state index < -0.39 is 11.6 Å². The lowest BCUT2D eigenvalue weighted by Gasteiger charge is -2.00. The van der Waals surface area contributed by atoms with Gasteiger partial charge in [-0.05, 0) is 30.5 Å². The third-order valence-corrected chi connectivity index (χ3v) is 3.67. The maximum atomic E-state index is 13.0. The second kappa shape index (κ2) is 11.5. The van der Waals surface area contributed by atoms with Crippen LogP contribution in [-0.2, 0) is 0 Å². The number of unbranched alkanes of at least 4 members (excludes halogenated alkanes) is 9. The molecule has 0 aliphatic heterocycles. The fraction of sp³-hybridized carbons (Fsp3) is 0.579. The van der Waals surface area contributed by atoms with Gasteiger partial charge in [-0.1, -0.05) is 70.4 Å². The SMILES string of the molecule is CCCCCCCCCCCC=Cc1cc(F)cc(F)c1. The summed E-state index contributed by atoms with van der Waals surface area (Å²) in [5.74, 6) is -1.03. The Morgan fingerprint density at radius 2 is 1.29 bits per heavy atom. The molecule has 0 bridgehead atoms. The van der Waals surface area contributed by atoms with Crippen LogP contribution in [0.4, 0.5) is 8.78 Å². The number of hydrogen-bond acceptors (Lipinski definition) is 0. The first-order valence-electron chi connectivity index (χ1n) is 8.35. The number of benzene rings is 1. The summed E-state index contributed by atoms with van der Waals surface area (Å²) >= 11 is 0. The molecule has 0 radical (unpaired) electrons. The Morgan fingerprint density at radius 1 is 0.762 bits per heavy atom. The fourth-order valence-corrected chi connectivity index (χ4v) is 2.46. The summed E-state index contributed by atoms with van der Waals surface area (Å²) in [5.41, 5.74) is 0.600. The van der Waals surface area contributed by atoms with Gasteiger partial charge in [0.05, 0.1) is 0 Å². The van der Waals surface area contributed by atoms with E-state index in [0.717, 1.165) is 18.9 Å². The predicted octanol–water partition coefficient (Wildman–Crippen LogP) is 6.90. The van der Waals surface area contributed by atoms with E-state index in [1.54, 1.807) is 6.08 Å². The van der Waals surface area contributed by atoms with E-state index in [2.05, 4.69) is 6.92 Å². The average molecular weight is 294 g/mol.